The molecule has 12 rings (SSSR count). The van der Waals surface area contributed by atoms with Crippen molar-refractivity contribution in [2.24, 2.45) is 0 Å². The summed E-state index contributed by atoms with van der Waals surface area (Å²) in [5, 5.41) is 11.8. The number of aryl methyl sites for hydroxylation is 6. The van der Waals surface area contributed by atoms with Crippen molar-refractivity contribution < 1.29 is 155 Å². The summed E-state index contributed by atoms with van der Waals surface area (Å²) in [6, 6.07) is 0. The van der Waals surface area contributed by atoms with E-state index in [0.29, 0.717) is 5.56 Å². The van der Waals surface area contributed by atoms with Crippen LogP contribution in [0.1, 0.15) is 90.5 Å². The third-order valence-corrected chi connectivity index (χ3v) is 30.2. The van der Waals surface area contributed by atoms with Crippen LogP contribution in [0.3, 0.4) is 0 Å². The Morgan fingerprint density at radius 1 is 0.359 bits per heavy atom. The Labute approximate surface area is 826 Å². The Bertz CT molecular complexity index is 6220. The quantitative estimate of drug-likeness (QED) is 0.0141. The summed E-state index contributed by atoms with van der Waals surface area (Å²) in [4.78, 5) is 201. The van der Waals surface area contributed by atoms with Gasteiger partial charge in [-0.05, 0) is 95.2 Å². The number of nitrogens with zero attached hydrogens (tertiary/aromatic N) is 9. The number of aliphatic hydroxyl groups is 1. The zero-order chi connectivity index (χ0) is 104. The van der Waals surface area contributed by atoms with E-state index in [0.717, 1.165) is 39.8 Å². The van der Waals surface area contributed by atoms with Crippen LogP contribution in [-0.2, 0) is 173 Å². The lowest BCUT2D eigenvalue weighted by molar-refractivity contribution is -0.0849. The minimum absolute atomic E-state index is 0.0108. The summed E-state index contributed by atoms with van der Waals surface area (Å²) in [5.74, 6) is -0.502. The molecule has 0 radical (unpaired) electrons. The standard InChI is InChI=1S/C76H114N15O42P5S4/c1-13-42-43(24-49(123-42)86-28-39(5)63(93)83-74(86)99)129-135(104,139)120-34-47-53(59(117-23-18-112-12)70(128-47)91-30-41(7)65(95)85-76(91)101)133-137(106,141)121-33-46-51(56(114-20-15-109-9)67(126-46)88-26-37(3)61(78)81-72(88)97)130-134(102,103)118-32-45-52(57(115-21-16-110-10)69(125-45)90-29-40(6)64(94)84-75(90)100)131-138(107,142)122-35-48-54(58(116-22-17-111-11)68(127-48)89-27-38(4)62(79)82-73(89)98)132-136(105,140)119-31-44-50(92)55(113-19-14-108-8)66(124-44)87-25-36(2)60(77)80-71(87)96/h25-30,42-59,66-70,92H,13-24,31-35H2,1-12H3,(H,102,103)(H,104,139)(H,105,140)(H,106,141)(H,107,142)(H2,77,80,96)(H2,78,81,97)(H2,79,82,98)(H,83,93,99)(H,84,94,100)(H,85,95,101)/t42-,43-,44-,45-,46-,47-,48-,49-,50+,51+,52+,53+,54+,55?,56?,57?,58?,59?,66-,67-,68-,69-,70-,135?,136?,137?,138?/m1/s1. The molecule has 6 saturated heterocycles. The zero-order valence-electron chi connectivity index (χ0n) is 78.3. The van der Waals surface area contributed by atoms with Gasteiger partial charge < -0.3 is 145 Å². The monoisotopic (exact) mass is 2190 g/mol. The van der Waals surface area contributed by atoms with E-state index >= 15 is 4.57 Å². The molecule has 6 aliphatic rings. The molecule has 794 valence electrons. The molecule has 12 heterocycles. The Morgan fingerprint density at radius 3 is 0.958 bits per heavy atom. The number of nitrogens with two attached hydrogens (primary N) is 3. The van der Waals surface area contributed by atoms with Gasteiger partial charge in [-0.2, -0.15) is 15.0 Å². The second-order valence-corrected chi connectivity index (χ2v) is 45.5. The molecule has 142 heavy (non-hydrogen) atoms. The summed E-state index contributed by atoms with van der Waals surface area (Å²) in [7, 11) is 0.763. The first-order valence-corrected chi connectivity index (χ1v) is 55.4. The molecule has 6 aliphatic heterocycles. The summed E-state index contributed by atoms with van der Waals surface area (Å²) >= 11 is 22.8. The van der Waals surface area contributed by atoms with Crippen molar-refractivity contribution in [1.29, 1.82) is 0 Å². The molecule has 6 aromatic rings. The minimum Gasteiger partial charge on any atom is -0.387 e. The van der Waals surface area contributed by atoms with E-state index in [1.807, 2.05) is 0 Å². The second kappa shape index (κ2) is 49.8. The lowest BCUT2D eigenvalue weighted by atomic mass is 10.1. The van der Waals surface area contributed by atoms with Gasteiger partial charge >= 0.3 is 68.8 Å². The number of methoxy groups -OCH3 is 5. The van der Waals surface area contributed by atoms with Crippen molar-refractivity contribution >= 4 is 99.4 Å². The Balaban J connectivity index is 0.844. The highest BCUT2D eigenvalue weighted by atomic mass is 32.5. The highest BCUT2D eigenvalue weighted by Gasteiger charge is 2.58. The molecule has 0 aliphatic carbocycles. The van der Waals surface area contributed by atoms with Gasteiger partial charge in [0.05, 0.1) is 111 Å². The number of aromatic nitrogens is 12. The van der Waals surface area contributed by atoms with Crippen LogP contribution in [0.5, 0.6) is 0 Å². The number of hydrogen-bond acceptors (Lipinski definition) is 47. The number of phosphoric acid groups is 1. The zero-order valence-corrected chi connectivity index (χ0v) is 86.0. The smallest absolute Gasteiger partial charge is 0.387 e. The number of nitrogen functional groups attached to an aromatic ring is 3. The fourth-order valence-corrected chi connectivity index (χ4v) is 22.6. The third-order valence-electron chi connectivity index (χ3n) is 23.0. The number of H-pyrrole nitrogens is 3. The highest BCUT2D eigenvalue weighted by Crippen LogP contribution is 2.58. The number of anilines is 3. The van der Waals surface area contributed by atoms with Crippen LogP contribution in [0.4, 0.5) is 17.5 Å². The van der Waals surface area contributed by atoms with Crippen LogP contribution in [-0.4, -0.2) is 325 Å². The Kier molecular flexibility index (Phi) is 40.1. The van der Waals surface area contributed by atoms with Crippen molar-refractivity contribution in [3.8, 4) is 0 Å². The van der Waals surface area contributed by atoms with Crippen LogP contribution in [0, 0.1) is 41.5 Å². The van der Waals surface area contributed by atoms with E-state index < -0.39 is 273 Å². The van der Waals surface area contributed by atoms with Gasteiger partial charge in [-0.15, -0.1) is 0 Å². The summed E-state index contributed by atoms with van der Waals surface area (Å²) in [6.45, 7) is -16.1. The number of nitrogens with one attached hydrogen (secondary N) is 3. The molecule has 6 fully saturated rings. The normalized spacial score (nSPS) is 29.4. The largest absolute Gasteiger partial charge is 0.472 e. The van der Waals surface area contributed by atoms with Gasteiger partial charge in [-0.3, -0.25) is 79.4 Å². The molecule has 0 aromatic carbocycles. The first-order chi connectivity index (χ1) is 67.1. The maximum Gasteiger partial charge on any atom is 0.472 e. The van der Waals surface area contributed by atoms with E-state index in [2.05, 4.69) is 29.9 Å². The number of rotatable bonds is 52. The number of phosphoric ester groups is 1. The van der Waals surface area contributed by atoms with Crippen LogP contribution in [0.2, 0.25) is 0 Å². The van der Waals surface area contributed by atoms with Crippen molar-refractivity contribution in [2.45, 2.75) is 202 Å². The summed E-state index contributed by atoms with van der Waals surface area (Å²) in [6.07, 6.45) is -29.7. The fourth-order valence-electron chi connectivity index (χ4n) is 15.8. The average molecular weight is 2190 g/mol. The van der Waals surface area contributed by atoms with E-state index in [1.54, 1.807) is 13.8 Å². The van der Waals surface area contributed by atoms with E-state index in [1.165, 1.54) is 95.0 Å². The van der Waals surface area contributed by atoms with Crippen LogP contribution in [0.15, 0.2) is 80.3 Å². The van der Waals surface area contributed by atoms with Gasteiger partial charge in [-0.25, -0.2) is 33.3 Å². The number of hydrogen-bond donors (Lipinski definition) is 12. The topological polar surface area (TPSA) is 726 Å². The predicted molar refractivity (Wildman–Crippen MR) is 504 cm³/mol. The molecule has 28 atom stereocenters. The number of ether oxygens (including phenoxy) is 16. The lowest BCUT2D eigenvalue weighted by Gasteiger charge is -2.30. The average Bonchev–Trinajstić information content (AvgIpc) is 1.62. The molecule has 57 nitrogen and oxygen atoms in total. The van der Waals surface area contributed by atoms with Gasteiger partial charge in [0.1, 0.15) is 115 Å². The first kappa shape index (κ1) is 114. The van der Waals surface area contributed by atoms with Gasteiger partial charge in [0, 0.05) is 113 Å². The highest BCUT2D eigenvalue weighted by molar-refractivity contribution is 8.08. The number of aromatic amines is 3. The van der Waals surface area contributed by atoms with Crippen LogP contribution in [0.25, 0.3) is 0 Å². The molecule has 0 bridgehead atoms. The third kappa shape index (κ3) is 28.4. The Hall–Kier alpha value is -6.37. The van der Waals surface area contributed by atoms with E-state index in [9.17, 15) is 72.7 Å². The van der Waals surface area contributed by atoms with Crippen molar-refractivity contribution in [3.05, 3.63) is 165 Å². The first-order valence-electron chi connectivity index (χ1n) is 43.6. The molecule has 66 heteroatoms. The molecule has 0 amide bonds. The van der Waals surface area contributed by atoms with Crippen molar-refractivity contribution in [2.75, 3.05) is 152 Å². The van der Waals surface area contributed by atoms with Crippen LogP contribution < -0.4 is 68.0 Å². The van der Waals surface area contributed by atoms with E-state index in [4.69, 9.17) is 185 Å². The van der Waals surface area contributed by atoms with E-state index in [-0.39, 0.29) is 111 Å². The van der Waals surface area contributed by atoms with Gasteiger partial charge in [0.15, 0.2) is 31.1 Å². The van der Waals surface area contributed by atoms with Crippen molar-refractivity contribution in [3.63, 3.8) is 0 Å². The van der Waals surface area contributed by atoms with Crippen LogP contribution >= 0.6 is 34.7 Å². The fraction of sp³-hybridized carbons (Fsp3) is 0.684. The van der Waals surface area contributed by atoms with Gasteiger partial charge in [0.25, 0.3) is 16.7 Å². The lowest BCUT2D eigenvalue weighted by Crippen LogP contribution is -2.42. The predicted octanol–water partition coefficient (Wildman–Crippen LogP) is -2.32. The van der Waals surface area contributed by atoms with Gasteiger partial charge in [0.2, 0.25) is 0 Å². The Morgan fingerprint density at radius 2 is 0.627 bits per heavy atom. The maximum absolute atomic E-state index is 15.4. The molecule has 10 unspecified atom stereocenters. The SMILES string of the molecule is CC[C@H]1O[C@@H](n2cc(C)c(=O)[nH]c2=O)C[C@H]1OP(O)(=S)OC[C@H]1O[C@@H](n2cc(C)c(=O)[nH]c2=O)C(OCCOC)[C@H]1OP(O)(=S)OC[C@H]1O[C@@H](n2cc(C)c(N)nc2=O)C(OCCOC)[C@H]1OP(=O)(O)OC[C@H]1O[C@@H](n2cc(C)c(=O)[nH]c2=O)C(OCCOC)[C@H]1OP(O)(=S)OC[C@H]1O[C@@H](n2cc(C)c(N)nc2=O)C(OCCOC)[C@H]1OP(O)(=S)OC[C@H]1O[C@@H](n2cc(C)c(N)nc2=O)C(OCCOC)[C@H]1O. The van der Waals surface area contributed by atoms with Crippen molar-refractivity contribution in [1.82, 2.24) is 57.3 Å². The molecular formula is C76H114N15O42P5S4. The minimum atomic E-state index is -5.92. The summed E-state index contributed by atoms with van der Waals surface area (Å²) in [5.41, 5.74) is 10.8. The number of aliphatic hydroxyl groups excluding tert-OH is 1. The molecule has 6 aromatic heterocycles. The molecule has 0 saturated carbocycles. The van der Waals surface area contributed by atoms with Gasteiger partial charge in [-0.1, -0.05) is 6.92 Å². The molecular weight excluding hydrogens is 2080 g/mol. The second-order valence-electron chi connectivity index (χ2n) is 32.9. The maximum atomic E-state index is 15.4. The molecule has 0 spiro atoms. The summed E-state index contributed by atoms with van der Waals surface area (Å²) < 4.78 is 178. The molecule has 15 N–H and O–H groups in total.